The molecule has 1 aliphatic heterocycles. The number of aromatic amines is 1. The van der Waals surface area contributed by atoms with E-state index in [1.54, 1.807) is 17.4 Å². The van der Waals surface area contributed by atoms with Crippen LogP contribution >= 0.6 is 11.3 Å². The van der Waals surface area contributed by atoms with E-state index in [0.29, 0.717) is 5.82 Å². The molecule has 1 saturated heterocycles. The molecule has 0 bridgehead atoms. The summed E-state index contributed by atoms with van der Waals surface area (Å²) < 4.78 is 0. The molecule has 1 aliphatic rings. The lowest BCUT2D eigenvalue weighted by Gasteiger charge is -2.06. The van der Waals surface area contributed by atoms with E-state index in [2.05, 4.69) is 26.1 Å². The van der Waals surface area contributed by atoms with Crippen molar-refractivity contribution in [3.8, 4) is 10.6 Å². The average Bonchev–Trinajstić information content (AvgIpc) is 3.10. The molecule has 8 heteroatoms. The molecular formula is C12H13N5O2S. The molecule has 3 rings (SSSR count). The quantitative estimate of drug-likeness (QED) is 0.680. The fourth-order valence-corrected chi connectivity index (χ4v) is 2.75. The molecule has 4 N–H and O–H groups in total. The largest absolute Gasteiger partial charge is 0.336 e. The van der Waals surface area contributed by atoms with E-state index in [0.717, 1.165) is 10.6 Å². The third kappa shape index (κ3) is 2.50. The number of thiophene rings is 1. The van der Waals surface area contributed by atoms with Crippen LogP contribution in [0.3, 0.4) is 0 Å². The van der Waals surface area contributed by atoms with Gasteiger partial charge in [0.25, 0.3) is 0 Å². The first-order valence-electron chi connectivity index (χ1n) is 6.09. The third-order valence-corrected chi connectivity index (χ3v) is 3.96. The highest BCUT2D eigenvalue weighted by atomic mass is 32.1. The van der Waals surface area contributed by atoms with Crippen molar-refractivity contribution in [2.75, 3.05) is 11.9 Å². The number of anilines is 1. The number of amides is 3. The van der Waals surface area contributed by atoms with Gasteiger partial charge in [0.15, 0.2) is 5.82 Å². The van der Waals surface area contributed by atoms with Gasteiger partial charge < -0.3 is 16.0 Å². The Morgan fingerprint density at radius 1 is 1.50 bits per heavy atom. The van der Waals surface area contributed by atoms with Crippen LogP contribution in [0.2, 0.25) is 0 Å². The molecule has 2 aromatic heterocycles. The van der Waals surface area contributed by atoms with E-state index in [1.165, 1.54) is 4.88 Å². The number of nitrogens with one attached hydrogen (secondary N) is 4. The second kappa shape index (κ2) is 4.97. The first-order chi connectivity index (χ1) is 9.61. The second-order valence-corrected chi connectivity index (χ2v) is 5.76. The molecule has 0 unspecified atom stereocenters. The Balaban J connectivity index is 1.68. The smallest absolute Gasteiger partial charge is 0.315 e. The fourth-order valence-electron chi connectivity index (χ4n) is 1.92. The SMILES string of the molecule is Cc1ccc(-c2cc(NC(=O)[C@H]3CNC(=O)N3)n[nH]2)s1. The molecule has 3 amide bonds. The van der Waals surface area contributed by atoms with Crippen LogP contribution in [0.25, 0.3) is 10.6 Å². The highest BCUT2D eigenvalue weighted by molar-refractivity contribution is 7.15. The van der Waals surface area contributed by atoms with Crippen molar-refractivity contribution in [1.29, 1.82) is 0 Å². The Hall–Kier alpha value is -2.35. The summed E-state index contributed by atoms with van der Waals surface area (Å²) in [5.41, 5.74) is 0.854. The molecule has 0 radical (unpaired) electrons. The summed E-state index contributed by atoms with van der Waals surface area (Å²) in [5, 5.41) is 14.7. The summed E-state index contributed by atoms with van der Waals surface area (Å²) in [6, 6.07) is 4.90. The molecule has 7 nitrogen and oxygen atoms in total. The maximum atomic E-state index is 11.9. The van der Waals surface area contributed by atoms with Crippen molar-refractivity contribution in [3.05, 3.63) is 23.1 Å². The molecule has 104 valence electrons. The monoisotopic (exact) mass is 291 g/mol. The van der Waals surface area contributed by atoms with Gasteiger partial charge in [0.1, 0.15) is 6.04 Å². The highest BCUT2D eigenvalue weighted by Crippen LogP contribution is 2.27. The topological polar surface area (TPSA) is 98.9 Å². The number of aromatic nitrogens is 2. The maximum absolute atomic E-state index is 11.9. The zero-order chi connectivity index (χ0) is 14.1. The van der Waals surface area contributed by atoms with Gasteiger partial charge in [-0.25, -0.2) is 4.79 Å². The summed E-state index contributed by atoms with van der Waals surface area (Å²) in [6.45, 7) is 2.31. The Labute approximate surface area is 118 Å². The third-order valence-electron chi connectivity index (χ3n) is 2.92. The van der Waals surface area contributed by atoms with Gasteiger partial charge in [-0.3, -0.25) is 9.89 Å². The molecule has 0 aromatic carbocycles. The number of aryl methyl sites for hydroxylation is 1. The van der Waals surface area contributed by atoms with E-state index in [9.17, 15) is 9.59 Å². The van der Waals surface area contributed by atoms with Gasteiger partial charge in [-0.1, -0.05) is 0 Å². The Kier molecular flexibility index (Phi) is 3.15. The minimum absolute atomic E-state index is 0.284. The van der Waals surface area contributed by atoms with Crippen LogP contribution in [-0.4, -0.2) is 34.7 Å². The standard InChI is InChI=1S/C12H13N5O2S/c1-6-2-3-9(20-6)7-4-10(17-16-7)15-11(18)8-5-13-12(19)14-8/h2-4,8H,5H2,1H3,(H2,13,14,19)(H2,15,16,17,18)/t8-/m1/s1. The molecule has 0 spiro atoms. The van der Waals surface area contributed by atoms with Crippen LogP contribution in [0.1, 0.15) is 4.88 Å². The average molecular weight is 291 g/mol. The van der Waals surface area contributed by atoms with Crippen molar-refractivity contribution in [2.45, 2.75) is 13.0 Å². The van der Waals surface area contributed by atoms with E-state index >= 15 is 0 Å². The molecule has 1 fully saturated rings. The minimum atomic E-state index is -0.563. The van der Waals surface area contributed by atoms with Gasteiger partial charge in [0.2, 0.25) is 5.91 Å². The molecule has 2 aromatic rings. The molecule has 0 saturated carbocycles. The van der Waals surface area contributed by atoms with Crippen molar-refractivity contribution in [1.82, 2.24) is 20.8 Å². The van der Waals surface area contributed by atoms with Gasteiger partial charge >= 0.3 is 6.03 Å². The van der Waals surface area contributed by atoms with E-state index in [1.807, 2.05) is 19.1 Å². The summed E-state index contributed by atoms with van der Waals surface area (Å²) in [4.78, 5) is 25.1. The summed E-state index contributed by atoms with van der Waals surface area (Å²) in [6.07, 6.45) is 0. The normalized spacial score (nSPS) is 17.6. The van der Waals surface area contributed by atoms with Gasteiger partial charge in [0.05, 0.1) is 10.6 Å². The van der Waals surface area contributed by atoms with E-state index in [4.69, 9.17) is 0 Å². The Morgan fingerprint density at radius 3 is 3.00 bits per heavy atom. The molecular weight excluding hydrogens is 278 g/mol. The number of carbonyl (C=O) groups excluding carboxylic acids is 2. The van der Waals surface area contributed by atoms with Crippen molar-refractivity contribution < 1.29 is 9.59 Å². The van der Waals surface area contributed by atoms with Crippen LogP contribution in [0.5, 0.6) is 0 Å². The lowest BCUT2D eigenvalue weighted by molar-refractivity contribution is -0.117. The van der Waals surface area contributed by atoms with Gasteiger partial charge in [0, 0.05) is 17.5 Å². The number of carbonyl (C=O) groups is 2. The van der Waals surface area contributed by atoms with E-state index in [-0.39, 0.29) is 18.5 Å². The van der Waals surface area contributed by atoms with Crippen molar-refractivity contribution in [2.24, 2.45) is 0 Å². The number of H-pyrrole nitrogens is 1. The van der Waals surface area contributed by atoms with Crippen LogP contribution in [0, 0.1) is 6.92 Å². The maximum Gasteiger partial charge on any atom is 0.315 e. The Morgan fingerprint density at radius 2 is 2.35 bits per heavy atom. The fraction of sp³-hybridized carbons (Fsp3) is 0.250. The predicted molar refractivity (Wildman–Crippen MR) is 75.6 cm³/mol. The highest BCUT2D eigenvalue weighted by Gasteiger charge is 2.27. The van der Waals surface area contributed by atoms with Crippen LogP contribution < -0.4 is 16.0 Å². The van der Waals surface area contributed by atoms with Gasteiger partial charge in [-0.2, -0.15) is 5.10 Å². The number of hydrogen-bond donors (Lipinski definition) is 4. The zero-order valence-corrected chi connectivity index (χ0v) is 11.5. The summed E-state index contributed by atoms with van der Waals surface area (Å²) >= 11 is 1.65. The predicted octanol–water partition coefficient (Wildman–Crippen LogP) is 1.07. The molecule has 0 aliphatic carbocycles. The minimum Gasteiger partial charge on any atom is -0.336 e. The van der Waals surface area contributed by atoms with Crippen LogP contribution in [0.4, 0.5) is 10.6 Å². The number of nitrogens with zero attached hydrogens (tertiary/aromatic N) is 1. The number of rotatable bonds is 3. The molecule has 1 atom stereocenters. The van der Waals surface area contributed by atoms with Gasteiger partial charge in [-0.15, -0.1) is 11.3 Å². The lowest BCUT2D eigenvalue weighted by atomic mass is 10.3. The van der Waals surface area contributed by atoms with Crippen LogP contribution in [0.15, 0.2) is 18.2 Å². The summed E-state index contributed by atoms with van der Waals surface area (Å²) in [5.74, 6) is 0.154. The lowest BCUT2D eigenvalue weighted by Crippen LogP contribution is -2.38. The van der Waals surface area contributed by atoms with E-state index < -0.39 is 6.04 Å². The van der Waals surface area contributed by atoms with Gasteiger partial charge in [-0.05, 0) is 19.1 Å². The molecule has 20 heavy (non-hydrogen) atoms. The first kappa shape index (κ1) is 12.7. The summed E-state index contributed by atoms with van der Waals surface area (Å²) in [7, 11) is 0. The van der Waals surface area contributed by atoms with Crippen molar-refractivity contribution >= 4 is 29.1 Å². The van der Waals surface area contributed by atoms with Crippen molar-refractivity contribution in [3.63, 3.8) is 0 Å². The zero-order valence-electron chi connectivity index (χ0n) is 10.7. The number of urea groups is 1. The first-order valence-corrected chi connectivity index (χ1v) is 6.91. The number of hydrogen-bond acceptors (Lipinski definition) is 4. The Bertz CT molecular complexity index is 662. The molecule has 3 heterocycles. The van der Waals surface area contributed by atoms with Crippen LogP contribution in [-0.2, 0) is 4.79 Å². The second-order valence-electron chi connectivity index (χ2n) is 4.47.